The molecule has 0 aliphatic heterocycles. The number of nitrogens with one attached hydrogen (secondary N) is 3. The number of sulfonamides is 1. The van der Waals surface area contributed by atoms with Crippen LogP contribution in [0.3, 0.4) is 0 Å². The van der Waals surface area contributed by atoms with Crippen LogP contribution in [0.4, 0.5) is 14.5 Å². The molecule has 194 valence electrons. The average molecular weight is 546 g/mol. The van der Waals surface area contributed by atoms with E-state index >= 15 is 4.39 Å². The maximum atomic E-state index is 15.5. The van der Waals surface area contributed by atoms with Crippen LogP contribution in [-0.2, 0) is 10.0 Å². The smallest absolute Gasteiger partial charge is 0.273 e. The van der Waals surface area contributed by atoms with Crippen molar-refractivity contribution in [3.05, 3.63) is 107 Å². The van der Waals surface area contributed by atoms with Gasteiger partial charge in [0.1, 0.15) is 11.4 Å². The van der Waals surface area contributed by atoms with Gasteiger partial charge in [-0.3, -0.25) is 19.7 Å². The van der Waals surface area contributed by atoms with Gasteiger partial charge in [0.2, 0.25) is 0 Å². The molecule has 0 radical (unpaired) electrons. The summed E-state index contributed by atoms with van der Waals surface area (Å²) in [4.78, 5) is 15.9. The van der Waals surface area contributed by atoms with E-state index in [0.29, 0.717) is 16.8 Å². The number of hydrogen-bond donors (Lipinski definition) is 3. The summed E-state index contributed by atoms with van der Waals surface area (Å²) in [6, 6.07) is 18.8. The molecule has 3 heterocycles. The summed E-state index contributed by atoms with van der Waals surface area (Å²) < 4.78 is 59.6. The third-order valence-electron chi connectivity index (χ3n) is 6.01. The molecule has 0 unspecified atom stereocenters. The Morgan fingerprint density at radius 1 is 0.872 bits per heavy atom. The lowest BCUT2D eigenvalue weighted by Gasteiger charge is -2.13. The first-order chi connectivity index (χ1) is 18.8. The van der Waals surface area contributed by atoms with Gasteiger partial charge in [-0.15, -0.1) is 5.10 Å². The Labute approximate surface area is 219 Å². The second kappa shape index (κ2) is 9.29. The predicted octanol–water partition coefficient (Wildman–Crippen LogP) is 4.24. The lowest BCUT2D eigenvalue weighted by molar-refractivity contribution is 0.558. The Hall–Kier alpha value is -5.17. The SMILES string of the molecule is O=c1[nH][nH]c2ncc(-c3cn(-c4c(F)ccc(NS(=O)(=O)c5cccc(-c6ccccc6)c5)c4F)nn3)cc12. The summed E-state index contributed by atoms with van der Waals surface area (Å²) in [5.41, 5.74) is 0.865. The van der Waals surface area contributed by atoms with Crippen LogP contribution in [0, 0.1) is 11.6 Å². The van der Waals surface area contributed by atoms with Crippen molar-refractivity contribution in [2.24, 2.45) is 0 Å². The Balaban J connectivity index is 1.33. The molecule has 6 rings (SSSR count). The number of nitrogens with zero attached hydrogens (tertiary/aromatic N) is 4. The monoisotopic (exact) mass is 545 g/mol. The number of aromatic amines is 2. The molecule has 0 spiro atoms. The Morgan fingerprint density at radius 2 is 1.67 bits per heavy atom. The van der Waals surface area contributed by atoms with Gasteiger partial charge in [0.15, 0.2) is 17.3 Å². The van der Waals surface area contributed by atoms with Crippen LogP contribution < -0.4 is 10.3 Å². The van der Waals surface area contributed by atoms with Crippen molar-refractivity contribution in [1.29, 1.82) is 0 Å². The number of halogens is 2. The molecule has 0 fully saturated rings. The molecule has 0 aliphatic carbocycles. The van der Waals surface area contributed by atoms with E-state index in [1.807, 2.05) is 30.3 Å². The van der Waals surface area contributed by atoms with Crippen molar-refractivity contribution in [3.8, 4) is 28.1 Å². The lowest BCUT2D eigenvalue weighted by Crippen LogP contribution is -2.15. The minimum atomic E-state index is -4.24. The van der Waals surface area contributed by atoms with Crippen LogP contribution in [0.2, 0.25) is 0 Å². The minimum Gasteiger partial charge on any atom is -0.281 e. The van der Waals surface area contributed by atoms with Gasteiger partial charge in [-0.25, -0.2) is 26.9 Å². The summed E-state index contributed by atoms with van der Waals surface area (Å²) in [5.74, 6) is -2.18. The Bertz CT molecular complexity index is 2020. The van der Waals surface area contributed by atoms with E-state index in [-0.39, 0.29) is 16.0 Å². The highest BCUT2D eigenvalue weighted by Crippen LogP contribution is 2.29. The van der Waals surface area contributed by atoms with Crippen molar-refractivity contribution >= 4 is 26.7 Å². The molecular formula is C26H17F2N7O3S. The second-order valence-corrected chi connectivity index (χ2v) is 10.2. The van der Waals surface area contributed by atoms with E-state index in [1.165, 1.54) is 30.6 Å². The number of rotatable bonds is 6. The van der Waals surface area contributed by atoms with Crippen molar-refractivity contribution in [2.75, 3.05) is 4.72 Å². The molecule has 39 heavy (non-hydrogen) atoms. The number of aromatic nitrogens is 6. The standard InChI is InChI=1S/C26H17F2N7O3S/c27-20-9-10-21(33-39(37,38)18-8-4-7-16(11-18)15-5-2-1-3-6-15)23(28)24(20)35-14-22(30-34-35)17-12-19-25(29-13-17)31-32-26(19)36/h1-14,33H,(H2,29,31,32,36). The van der Waals surface area contributed by atoms with Crippen molar-refractivity contribution in [3.63, 3.8) is 0 Å². The first-order valence-corrected chi connectivity index (χ1v) is 12.9. The lowest BCUT2D eigenvalue weighted by atomic mass is 10.1. The van der Waals surface area contributed by atoms with E-state index in [9.17, 15) is 17.6 Å². The maximum Gasteiger partial charge on any atom is 0.273 e. The van der Waals surface area contributed by atoms with Gasteiger partial charge in [-0.05, 0) is 41.5 Å². The molecule has 0 saturated heterocycles. The molecule has 3 aromatic heterocycles. The summed E-state index contributed by atoms with van der Waals surface area (Å²) in [5, 5.41) is 13.0. The van der Waals surface area contributed by atoms with Crippen LogP contribution in [0.25, 0.3) is 39.1 Å². The molecule has 0 atom stereocenters. The van der Waals surface area contributed by atoms with Gasteiger partial charge in [0.25, 0.3) is 15.6 Å². The third kappa shape index (κ3) is 4.44. The fourth-order valence-corrected chi connectivity index (χ4v) is 5.18. The Kier molecular flexibility index (Phi) is 5.76. The van der Waals surface area contributed by atoms with E-state index in [0.717, 1.165) is 22.4 Å². The van der Waals surface area contributed by atoms with Gasteiger partial charge < -0.3 is 0 Å². The zero-order valence-corrected chi connectivity index (χ0v) is 20.6. The zero-order valence-electron chi connectivity index (χ0n) is 19.8. The first-order valence-electron chi connectivity index (χ1n) is 11.5. The minimum absolute atomic E-state index is 0.0974. The molecule has 0 amide bonds. The molecule has 0 aliphatic rings. The quantitative estimate of drug-likeness (QED) is 0.286. The maximum absolute atomic E-state index is 15.5. The normalized spacial score (nSPS) is 11.6. The van der Waals surface area contributed by atoms with Crippen LogP contribution in [0.5, 0.6) is 0 Å². The first kappa shape index (κ1) is 24.2. The fourth-order valence-electron chi connectivity index (χ4n) is 4.07. The fraction of sp³-hybridized carbons (Fsp3) is 0. The number of fused-ring (bicyclic) bond motifs is 1. The molecule has 10 nitrogen and oxygen atoms in total. The summed E-state index contributed by atoms with van der Waals surface area (Å²) >= 11 is 0. The molecule has 3 N–H and O–H groups in total. The molecule has 0 saturated carbocycles. The van der Waals surface area contributed by atoms with Gasteiger partial charge in [-0.2, -0.15) is 0 Å². The molecule has 13 heteroatoms. The third-order valence-corrected chi connectivity index (χ3v) is 7.37. The van der Waals surface area contributed by atoms with E-state index in [4.69, 9.17) is 0 Å². The highest BCUT2D eigenvalue weighted by molar-refractivity contribution is 7.92. The van der Waals surface area contributed by atoms with Crippen LogP contribution in [0.15, 0.2) is 94.9 Å². The summed E-state index contributed by atoms with van der Waals surface area (Å²) in [7, 11) is -4.24. The number of benzene rings is 3. The number of H-pyrrole nitrogens is 2. The summed E-state index contributed by atoms with van der Waals surface area (Å²) in [6.45, 7) is 0. The number of pyridine rings is 1. The van der Waals surface area contributed by atoms with Crippen LogP contribution in [-0.4, -0.2) is 38.6 Å². The van der Waals surface area contributed by atoms with E-state index < -0.39 is 38.6 Å². The molecule has 3 aromatic carbocycles. The van der Waals surface area contributed by atoms with Crippen LogP contribution in [0.1, 0.15) is 0 Å². The van der Waals surface area contributed by atoms with Gasteiger partial charge >= 0.3 is 0 Å². The molecule has 0 bridgehead atoms. The largest absolute Gasteiger partial charge is 0.281 e. The van der Waals surface area contributed by atoms with E-state index in [2.05, 4.69) is 30.2 Å². The van der Waals surface area contributed by atoms with Crippen molar-refractivity contribution in [1.82, 2.24) is 30.2 Å². The number of anilines is 1. The van der Waals surface area contributed by atoms with Gasteiger partial charge in [0.05, 0.1) is 22.2 Å². The highest BCUT2D eigenvalue weighted by atomic mass is 32.2. The van der Waals surface area contributed by atoms with Crippen LogP contribution >= 0.6 is 0 Å². The Morgan fingerprint density at radius 3 is 2.49 bits per heavy atom. The number of hydrogen-bond acceptors (Lipinski definition) is 6. The predicted molar refractivity (Wildman–Crippen MR) is 140 cm³/mol. The molecule has 6 aromatic rings. The second-order valence-electron chi connectivity index (χ2n) is 8.50. The summed E-state index contributed by atoms with van der Waals surface area (Å²) in [6.07, 6.45) is 2.66. The molecular weight excluding hydrogens is 528 g/mol. The topological polar surface area (TPSA) is 138 Å². The highest BCUT2D eigenvalue weighted by Gasteiger charge is 2.22. The van der Waals surface area contributed by atoms with Gasteiger partial charge in [-0.1, -0.05) is 47.7 Å². The van der Waals surface area contributed by atoms with Crippen molar-refractivity contribution in [2.45, 2.75) is 4.90 Å². The average Bonchev–Trinajstić information content (AvgIpc) is 3.58. The van der Waals surface area contributed by atoms with Crippen molar-refractivity contribution < 1.29 is 17.2 Å². The van der Waals surface area contributed by atoms with E-state index in [1.54, 1.807) is 12.1 Å². The van der Waals surface area contributed by atoms with Gasteiger partial charge in [0, 0.05) is 11.8 Å². The zero-order chi connectivity index (χ0) is 27.1.